The molecule has 0 spiro atoms. The van der Waals surface area contributed by atoms with Gasteiger partial charge in [-0.1, -0.05) is 48.5 Å². The van der Waals surface area contributed by atoms with Crippen LogP contribution in [0, 0.1) is 0 Å². The maximum Gasteiger partial charge on any atom is 0.223 e. The summed E-state index contributed by atoms with van der Waals surface area (Å²) in [5.74, 6) is 0.809. The Bertz CT molecular complexity index is 585. The molecule has 116 valence electrons. The molecule has 0 aliphatic carbocycles. The minimum Gasteiger partial charge on any atom is -0.492 e. The molecule has 0 aromatic heterocycles. The van der Waals surface area contributed by atoms with E-state index in [1.165, 1.54) is 0 Å². The Morgan fingerprint density at radius 1 is 1.00 bits per heavy atom. The molecule has 0 unspecified atom stereocenters. The predicted octanol–water partition coefficient (Wildman–Crippen LogP) is 2.46. The molecule has 1 amide bonds. The first kappa shape index (κ1) is 16.0. The van der Waals surface area contributed by atoms with Crippen molar-refractivity contribution in [3.05, 3.63) is 54.6 Å². The van der Waals surface area contributed by atoms with Crippen molar-refractivity contribution in [2.24, 2.45) is 0 Å². The lowest BCUT2D eigenvalue weighted by molar-refractivity contribution is -0.121. The highest BCUT2D eigenvalue weighted by Crippen LogP contribution is 2.29. The molecule has 2 rings (SSSR count). The molecule has 22 heavy (non-hydrogen) atoms. The molecule has 0 heterocycles. The first-order valence-electron chi connectivity index (χ1n) is 7.50. The van der Waals surface area contributed by atoms with Crippen molar-refractivity contribution in [1.82, 2.24) is 10.6 Å². The normalized spacial score (nSPS) is 10.2. The minimum atomic E-state index is 0.00689. The summed E-state index contributed by atoms with van der Waals surface area (Å²) in [5, 5.41) is 5.82. The number of para-hydroxylation sites is 1. The molecule has 2 aromatic carbocycles. The number of likely N-dealkylation sites (N-methyl/N-ethyl adjacent to an activating group) is 1. The van der Waals surface area contributed by atoms with E-state index in [1.807, 2.05) is 61.6 Å². The van der Waals surface area contributed by atoms with Gasteiger partial charge in [0.05, 0.1) is 13.0 Å². The molecule has 0 bridgehead atoms. The molecule has 0 radical (unpaired) electrons. The second-order valence-corrected chi connectivity index (χ2v) is 4.91. The van der Waals surface area contributed by atoms with Crippen LogP contribution in [0.3, 0.4) is 0 Å². The first-order chi connectivity index (χ1) is 10.8. The van der Waals surface area contributed by atoms with Crippen LogP contribution < -0.4 is 15.4 Å². The molecule has 0 saturated heterocycles. The van der Waals surface area contributed by atoms with Crippen LogP contribution in [-0.4, -0.2) is 32.7 Å². The molecule has 0 aliphatic heterocycles. The van der Waals surface area contributed by atoms with Crippen LogP contribution in [0.15, 0.2) is 54.6 Å². The number of hydrogen-bond donors (Lipinski definition) is 2. The van der Waals surface area contributed by atoms with Crippen molar-refractivity contribution in [2.75, 3.05) is 26.7 Å². The van der Waals surface area contributed by atoms with Crippen molar-refractivity contribution in [2.45, 2.75) is 6.42 Å². The number of benzene rings is 2. The summed E-state index contributed by atoms with van der Waals surface area (Å²) in [4.78, 5) is 11.6. The van der Waals surface area contributed by atoms with E-state index in [0.29, 0.717) is 19.6 Å². The van der Waals surface area contributed by atoms with Gasteiger partial charge in [0.1, 0.15) is 5.75 Å². The van der Waals surface area contributed by atoms with Gasteiger partial charge in [0, 0.05) is 18.7 Å². The van der Waals surface area contributed by atoms with E-state index in [1.54, 1.807) is 0 Å². The Labute approximate surface area is 131 Å². The number of ether oxygens (including phenoxy) is 1. The van der Waals surface area contributed by atoms with Crippen LogP contribution in [0.1, 0.15) is 6.42 Å². The fraction of sp³-hybridized carbons (Fsp3) is 0.278. The molecule has 0 atom stereocenters. The average Bonchev–Trinajstić information content (AvgIpc) is 2.56. The minimum absolute atomic E-state index is 0.00689. The molecule has 2 aromatic rings. The van der Waals surface area contributed by atoms with E-state index >= 15 is 0 Å². The van der Waals surface area contributed by atoms with Gasteiger partial charge in [-0.25, -0.2) is 0 Å². The largest absolute Gasteiger partial charge is 0.492 e. The lowest BCUT2D eigenvalue weighted by Crippen LogP contribution is -2.31. The van der Waals surface area contributed by atoms with Crippen LogP contribution in [-0.2, 0) is 4.79 Å². The Kier molecular flexibility index (Phi) is 6.45. The third-order valence-electron chi connectivity index (χ3n) is 3.26. The molecule has 0 aliphatic rings. The van der Waals surface area contributed by atoms with Gasteiger partial charge >= 0.3 is 0 Å². The Morgan fingerprint density at radius 3 is 2.50 bits per heavy atom. The van der Waals surface area contributed by atoms with Gasteiger partial charge in [-0.05, 0) is 18.7 Å². The summed E-state index contributed by atoms with van der Waals surface area (Å²) in [6.45, 7) is 1.77. The van der Waals surface area contributed by atoms with Crippen molar-refractivity contribution in [3.8, 4) is 16.9 Å². The first-order valence-corrected chi connectivity index (χ1v) is 7.50. The number of amides is 1. The van der Waals surface area contributed by atoms with E-state index < -0.39 is 0 Å². The highest BCUT2D eigenvalue weighted by molar-refractivity contribution is 5.76. The number of carbonyl (C=O) groups is 1. The lowest BCUT2D eigenvalue weighted by Gasteiger charge is -2.11. The zero-order chi connectivity index (χ0) is 15.6. The Hall–Kier alpha value is -2.33. The number of carbonyl (C=O) groups excluding carboxylic acids is 1. The standard InChI is InChI=1S/C18H22N2O2/c1-19-12-13-20-18(21)11-14-22-17-10-6-5-9-16(17)15-7-3-2-4-8-15/h2-10,19H,11-14H2,1H3,(H,20,21). The number of hydrogen-bond acceptors (Lipinski definition) is 3. The van der Waals surface area contributed by atoms with E-state index in [-0.39, 0.29) is 5.91 Å². The predicted molar refractivity (Wildman–Crippen MR) is 88.9 cm³/mol. The maximum atomic E-state index is 11.6. The molecular formula is C18H22N2O2. The van der Waals surface area contributed by atoms with Crippen LogP contribution >= 0.6 is 0 Å². The van der Waals surface area contributed by atoms with Gasteiger partial charge in [0.2, 0.25) is 5.91 Å². The summed E-state index contributed by atoms with van der Waals surface area (Å²) in [6, 6.07) is 18.0. The zero-order valence-electron chi connectivity index (χ0n) is 12.8. The van der Waals surface area contributed by atoms with Crippen LogP contribution in [0.4, 0.5) is 0 Å². The van der Waals surface area contributed by atoms with E-state index in [0.717, 1.165) is 23.4 Å². The number of nitrogens with one attached hydrogen (secondary N) is 2. The SMILES string of the molecule is CNCCNC(=O)CCOc1ccccc1-c1ccccc1. The monoisotopic (exact) mass is 298 g/mol. The summed E-state index contributed by atoms with van der Waals surface area (Å²) < 4.78 is 5.79. The van der Waals surface area contributed by atoms with Gasteiger partial charge in [-0.3, -0.25) is 4.79 Å². The highest BCUT2D eigenvalue weighted by Gasteiger charge is 2.06. The quantitative estimate of drug-likeness (QED) is 0.736. The summed E-state index contributed by atoms with van der Waals surface area (Å²) >= 11 is 0. The van der Waals surface area contributed by atoms with Crippen LogP contribution in [0.2, 0.25) is 0 Å². The van der Waals surface area contributed by atoms with Crippen LogP contribution in [0.25, 0.3) is 11.1 Å². The molecule has 4 heteroatoms. The molecule has 2 N–H and O–H groups in total. The maximum absolute atomic E-state index is 11.6. The average molecular weight is 298 g/mol. The van der Waals surface area contributed by atoms with E-state index in [2.05, 4.69) is 10.6 Å². The van der Waals surface area contributed by atoms with E-state index in [4.69, 9.17) is 4.74 Å². The topological polar surface area (TPSA) is 50.4 Å². The second-order valence-electron chi connectivity index (χ2n) is 4.91. The fourth-order valence-corrected chi connectivity index (χ4v) is 2.12. The molecule has 4 nitrogen and oxygen atoms in total. The van der Waals surface area contributed by atoms with Crippen LogP contribution in [0.5, 0.6) is 5.75 Å². The van der Waals surface area contributed by atoms with Crippen molar-refractivity contribution in [3.63, 3.8) is 0 Å². The van der Waals surface area contributed by atoms with Gasteiger partial charge in [0.25, 0.3) is 0 Å². The smallest absolute Gasteiger partial charge is 0.223 e. The second kappa shape index (κ2) is 8.85. The highest BCUT2D eigenvalue weighted by atomic mass is 16.5. The molecular weight excluding hydrogens is 276 g/mol. The summed E-state index contributed by atoms with van der Waals surface area (Å²) in [7, 11) is 1.86. The number of rotatable bonds is 8. The zero-order valence-corrected chi connectivity index (χ0v) is 12.8. The van der Waals surface area contributed by atoms with Crippen molar-refractivity contribution in [1.29, 1.82) is 0 Å². The Balaban J connectivity index is 1.90. The third kappa shape index (κ3) is 4.90. The van der Waals surface area contributed by atoms with Crippen molar-refractivity contribution < 1.29 is 9.53 Å². The Morgan fingerprint density at radius 2 is 1.73 bits per heavy atom. The molecule has 0 saturated carbocycles. The fourth-order valence-electron chi connectivity index (χ4n) is 2.12. The van der Waals surface area contributed by atoms with Crippen molar-refractivity contribution >= 4 is 5.91 Å². The van der Waals surface area contributed by atoms with Gasteiger partial charge in [-0.15, -0.1) is 0 Å². The lowest BCUT2D eigenvalue weighted by atomic mass is 10.1. The van der Waals surface area contributed by atoms with Gasteiger partial charge in [0.15, 0.2) is 0 Å². The summed E-state index contributed by atoms with van der Waals surface area (Å²) in [5.41, 5.74) is 2.15. The van der Waals surface area contributed by atoms with Gasteiger partial charge < -0.3 is 15.4 Å². The summed E-state index contributed by atoms with van der Waals surface area (Å²) in [6.07, 6.45) is 0.354. The van der Waals surface area contributed by atoms with Gasteiger partial charge in [-0.2, -0.15) is 0 Å². The van der Waals surface area contributed by atoms with E-state index in [9.17, 15) is 4.79 Å². The molecule has 0 fully saturated rings. The third-order valence-corrected chi connectivity index (χ3v) is 3.26.